The highest BCUT2D eigenvalue weighted by molar-refractivity contribution is 6.37. The predicted octanol–water partition coefficient (Wildman–Crippen LogP) is 15.0. The van der Waals surface area contributed by atoms with Crippen LogP contribution >= 0.6 is 0 Å². The molecule has 10 aromatic carbocycles. The SMILES string of the molecule is Cc1cccc(-c2ccc(Cc3ccc(-c4cc5c6ccccc6c6[nH]c7ccccc7c6c5c5ccccc45)cc3)cc2)c1.Nc1ccccc1.c1ccccc1. The van der Waals surface area contributed by atoms with Crippen molar-refractivity contribution in [2.24, 2.45) is 0 Å². The van der Waals surface area contributed by atoms with Crippen molar-refractivity contribution in [2.75, 3.05) is 5.73 Å². The van der Waals surface area contributed by atoms with E-state index in [1.807, 2.05) is 66.7 Å². The third kappa shape index (κ3) is 7.44. The van der Waals surface area contributed by atoms with Gasteiger partial charge in [-0.15, -0.1) is 0 Å². The molecule has 0 saturated heterocycles. The molecule has 3 N–H and O–H groups in total. The van der Waals surface area contributed by atoms with Crippen molar-refractivity contribution in [3.63, 3.8) is 0 Å². The Labute approximate surface area is 339 Å². The number of nitrogens with one attached hydrogen (secondary N) is 1. The van der Waals surface area contributed by atoms with Gasteiger partial charge in [-0.1, -0.05) is 200 Å². The average molecular weight is 745 g/mol. The highest BCUT2D eigenvalue weighted by Gasteiger charge is 2.18. The van der Waals surface area contributed by atoms with Gasteiger partial charge in [-0.25, -0.2) is 0 Å². The number of nitrogen functional groups attached to an aromatic ring is 1. The Morgan fingerprint density at radius 3 is 1.53 bits per heavy atom. The maximum atomic E-state index is 5.36. The minimum atomic E-state index is 0.822. The van der Waals surface area contributed by atoms with Crippen molar-refractivity contribution in [2.45, 2.75) is 13.3 Å². The lowest BCUT2D eigenvalue weighted by molar-refractivity contribution is 1.19. The van der Waals surface area contributed by atoms with E-state index in [2.05, 4.69) is 164 Å². The summed E-state index contributed by atoms with van der Waals surface area (Å²) in [6.45, 7) is 2.15. The summed E-state index contributed by atoms with van der Waals surface area (Å²) in [5.41, 5.74) is 17.6. The smallest absolute Gasteiger partial charge is 0.0551 e. The van der Waals surface area contributed by atoms with Gasteiger partial charge in [0.25, 0.3) is 0 Å². The molecule has 0 spiro atoms. The molecule has 58 heavy (non-hydrogen) atoms. The zero-order valence-corrected chi connectivity index (χ0v) is 32.6. The molecule has 1 heterocycles. The van der Waals surface area contributed by atoms with E-state index in [4.69, 9.17) is 5.73 Å². The van der Waals surface area contributed by atoms with Gasteiger partial charge in [0.1, 0.15) is 0 Å². The topological polar surface area (TPSA) is 41.8 Å². The van der Waals surface area contributed by atoms with Gasteiger partial charge in [0.15, 0.2) is 0 Å². The fourth-order valence-corrected chi connectivity index (χ4v) is 8.15. The fraction of sp³-hybridized carbons (Fsp3) is 0.0357. The lowest BCUT2D eigenvalue weighted by atomic mass is 9.88. The number of anilines is 1. The summed E-state index contributed by atoms with van der Waals surface area (Å²) >= 11 is 0. The van der Waals surface area contributed by atoms with E-state index in [-0.39, 0.29) is 0 Å². The molecular formula is C56H44N2. The number of aromatic nitrogens is 1. The van der Waals surface area contributed by atoms with E-state index in [0.29, 0.717) is 0 Å². The minimum Gasteiger partial charge on any atom is -0.399 e. The number of aryl methyl sites for hydroxylation is 1. The average Bonchev–Trinajstić information content (AvgIpc) is 3.68. The molecule has 0 amide bonds. The Morgan fingerprint density at radius 2 is 0.914 bits per heavy atom. The van der Waals surface area contributed by atoms with Gasteiger partial charge in [-0.3, -0.25) is 0 Å². The quantitative estimate of drug-likeness (QED) is 0.137. The molecule has 0 bridgehead atoms. The lowest BCUT2D eigenvalue weighted by Crippen LogP contribution is -1.90. The van der Waals surface area contributed by atoms with Gasteiger partial charge in [0.2, 0.25) is 0 Å². The first-order valence-electron chi connectivity index (χ1n) is 19.9. The monoisotopic (exact) mass is 744 g/mol. The summed E-state index contributed by atoms with van der Waals surface area (Å²) in [5, 5.41) is 10.3. The van der Waals surface area contributed by atoms with Gasteiger partial charge in [0.05, 0.1) is 5.52 Å². The molecule has 278 valence electrons. The van der Waals surface area contributed by atoms with Crippen molar-refractivity contribution in [1.29, 1.82) is 0 Å². The van der Waals surface area contributed by atoms with Crippen LogP contribution < -0.4 is 5.73 Å². The van der Waals surface area contributed by atoms with Crippen molar-refractivity contribution in [3.05, 3.63) is 235 Å². The molecule has 0 atom stereocenters. The van der Waals surface area contributed by atoms with Crippen LogP contribution in [0, 0.1) is 6.92 Å². The second kappa shape index (κ2) is 16.4. The Bertz CT molecular complexity index is 3100. The van der Waals surface area contributed by atoms with Crippen molar-refractivity contribution >= 4 is 59.8 Å². The number of aromatic amines is 1. The number of nitrogens with two attached hydrogens (primary N) is 1. The van der Waals surface area contributed by atoms with Crippen LogP contribution in [-0.4, -0.2) is 4.98 Å². The van der Waals surface area contributed by atoms with Crippen molar-refractivity contribution < 1.29 is 0 Å². The Kier molecular flexibility index (Phi) is 10.2. The first-order valence-corrected chi connectivity index (χ1v) is 19.9. The van der Waals surface area contributed by atoms with Crippen molar-refractivity contribution in [3.8, 4) is 22.3 Å². The maximum Gasteiger partial charge on any atom is 0.0551 e. The molecule has 0 saturated carbocycles. The van der Waals surface area contributed by atoms with Crippen LogP contribution in [0.15, 0.2) is 218 Å². The van der Waals surface area contributed by atoms with Gasteiger partial charge in [-0.2, -0.15) is 0 Å². The van der Waals surface area contributed by atoms with E-state index in [9.17, 15) is 0 Å². The van der Waals surface area contributed by atoms with Gasteiger partial charge < -0.3 is 10.7 Å². The molecular weight excluding hydrogens is 701 g/mol. The van der Waals surface area contributed by atoms with Crippen LogP contribution in [0.4, 0.5) is 5.69 Å². The number of rotatable bonds is 4. The molecule has 0 fully saturated rings. The molecule has 0 unspecified atom stereocenters. The molecule has 2 nitrogen and oxygen atoms in total. The predicted molar refractivity (Wildman–Crippen MR) is 250 cm³/mol. The maximum absolute atomic E-state index is 5.36. The molecule has 0 aliphatic heterocycles. The van der Waals surface area contributed by atoms with E-state index < -0.39 is 0 Å². The van der Waals surface area contributed by atoms with E-state index in [1.165, 1.54) is 93.1 Å². The summed E-state index contributed by atoms with van der Waals surface area (Å²) in [6, 6.07) is 77.3. The molecule has 1 aromatic heterocycles. The van der Waals surface area contributed by atoms with E-state index in [0.717, 1.165) is 12.1 Å². The summed E-state index contributed by atoms with van der Waals surface area (Å²) in [4.78, 5) is 3.76. The zero-order valence-electron chi connectivity index (χ0n) is 32.6. The molecule has 0 aliphatic carbocycles. The molecule has 2 heteroatoms. The molecule has 0 aliphatic rings. The van der Waals surface area contributed by atoms with Gasteiger partial charge >= 0.3 is 0 Å². The van der Waals surface area contributed by atoms with Crippen molar-refractivity contribution in [1.82, 2.24) is 4.98 Å². The first kappa shape index (κ1) is 36.2. The van der Waals surface area contributed by atoms with Crippen LogP contribution in [0.5, 0.6) is 0 Å². The second-order valence-corrected chi connectivity index (χ2v) is 14.9. The fourth-order valence-electron chi connectivity index (χ4n) is 8.15. The lowest BCUT2D eigenvalue weighted by Gasteiger charge is -2.15. The number of H-pyrrole nitrogens is 1. The van der Waals surface area contributed by atoms with E-state index in [1.54, 1.807) is 0 Å². The second-order valence-electron chi connectivity index (χ2n) is 14.9. The van der Waals surface area contributed by atoms with Crippen LogP contribution in [-0.2, 0) is 6.42 Å². The number of hydrogen-bond donors (Lipinski definition) is 2. The third-order valence-electron chi connectivity index (χ3n) is 10.9. The summed E-state index contributed by atoms with van der Waals surface area (Å²) in [7, 11) is 0. The van der Waals surface area contributed by atoms with Crippen LogP contribution in [0.3, 0.4) is 0 Å². The Hall–Kier alpha value is -7.42. The highest BCUT2D eigenvalue weighted by Crippen LogP contribution is 2.44. The largest absolute Gasteiger partial charge is 0.399 e. The molecule has 0 radical (unpaired) electrons. The summed E-state index contributed by atoms with van der Waals surface area (Å²) < 4.78 is 0. The summed E-state index contributed by atoms with van der Waals surface area (Å²) in [6.07, 6.45) is 0.913. The number of para-hydroxylation sites is 2. The summed E-state index contributed by atoms with van der Waals surface area (Å²) in [5.74, 6) is 0. The molecule has 11 aromatic rings. The standard InChI is InChI=1S/C44H31N.C6H7N.C6H6/c1-28-9-8-10-33(25-28)31-21-17-29(18-22-31)26-30-19-23-32(24-20-30)39-27-40-35-12-3-5-14-37(35)44-43(38-15-6-7-16-41(38)45-44)42(40)36-13-4-2-11-34(36)39;7-6-4-2-1-3-5-6;1-2-4-6-5-3-1/h2-25,27,45H,26H2,1H3;1-5H,7H2;1-6H. The zero-order chi connectivity index (χ0) is 39.3. The van der Waals surface area contributed by atoms with Gasteiger partial charge in [0, 0.05) is 32.7 Å². The Balaban J connectivity index is 0.000000286. The van der Waals surface area contributed by atoms with Crippen LogP contribution in [0.2, 0.25) is 0 Å². The number of fused-ring (bicyclic) bond motifs is 10. The van der Waals surface area contributed by atoms with Gasteiger partial charge in [-0.05, 0) is 92.5 Å². The number of benzene rings is 10. The molecule has 11 rings (SSSR count). The normalized spacial score (nSPS) is 11.0. The first-order chi connectivity index (χ1) is 28.6. The van der Waals surface area contributed by atoms with E-state index >= 15 is 0 Å². The minimum absolute atomic E-state index is 0.822. The highest BCUT2D eigenvalue weighted by atomic mass is 14.7. The van der Waals surface area contributed by atoms with Crippen LogP contribution in [0.25, 0.3) is 76.4 Å². The third-order valence-corrected chi connectivity index (χ3v) is 10.9. The Morgan fingerprint density at radius 1 is 0.379 bits per heavy atom. The number of hydrogen-bond acceptors (Lipinski definition) is 1. The van der Waals surface area contributed by atoms with Crippen LogP contribution in [0.1, 0.15) is 16.7 Å².